The molecule has 0 aliphatic rings. The lowest BCUT2D eigenvalue weighted by molar-refractivity contribution is 0.0529. The molecule has 0 fully saturated rings. The quantitative estimate of drug-likeness (QED) is 0.640. The third-order valence-corrected chi connectivity index (χ3v) is 4.00. The lowest BCUT2D eigenvalue weighted by Gasteiger charge is -2.08. The van der Waals surface area contributed by atoms with E-state index in [0.29, 0.717) is 23.5 Å². The van der Waals surface area contributed by atoms with Crippen LogP contribution in [0.1, 0.15) is 28.4 Å². The van der Waals surface area contributed by atoms with E-state index in [-0.39, 0.29) is 5.97 Å². The number of ether oxygens (including phenoxy) is 2. The SMILES string of the molecule is CCOC(=O)c1c(-c2ccc(OC)cc2C)oc2ccc(C)cc12. The molecule has 0 amide bonds. The summed E-state index contributed by atoms with van der Waals surface area (Å²) in [5.74, 6) is 0.933. The Bertz CT molecular complexity index is 905. The molecule has 0 radical (unpaired) electrons. The molecule has 0 bridgehead atoms. The van der Waals surface area contributed by atoms with Crippen LogP contribution in [-0.2, 0) is 4.74 Å². The molecule has 1 heterocycles. The van der Waals surface area contributed by atoms with E-state index in [1.54, 1.807) is 14.0 Å². The number of esters is 1. The Labute approximate surface area is 141 Å². The van der Waals surface area contributed by atoms with Gasteiger partial charge >= 0.3 is 5.97 Å². The van der Waals surface area contributed by atoms with E-state index in [0.717, 1.165) is 27.8 Å². The number of aryl methyl sites for hydroxylation is 2. The third kappa shape index (κ3) is 2.75. The molecule has 0 aliphatic heterocycles. The van der Waals surface area contributed by atoms with Crippen LogP contribution in [0.2, 0.25) is 0 Å². The van der Waals surface area contributed by atoms with Crippen molar-refractivity contribution in [2.45, 2.75) is 20.8 Å². The predicted molar refractivity (Wildman–Crippen MR) is 93.6 cm³/mol. The van der Waals surface area contributed by atoms with E-state index < -0.39 is 0 Å². The van der Waals surface area contributed by atoms with Gasteiger partial charge in [-0.1, -0.05) is 11.6 Å². The molecule has 0 spiro atoms. The van der Waals surface area contributed by atoms with Gasteiger partial charge in [0.15, 0.2) is 0 Å². The van der Waals surface area contributed by atoms with Crippen molar-refractivity contribution in [3.63, 3.8) is 0 Å². The summed E-state index contributed by atoms with van der Waals surface area (Å²) in [6, 6.07) is 11.5. The number of rotatable bonds is 4. The van der Waals surface area contributed by atoms with Gasteiger partial charge in [0.25, 0.3) is 0 Å². The number of carbonyl (C=O) groups excluding carboxylic acids is 1. The summed E-state index contributed by atoms with van der Waals surface area (Å²) in [5.41, 5.74) is 4.04. The summed E-state index contributed by atoms with van der Waals surface area (Å²) in [6.07, 6.45) is 0. The molecule has 1 aromatic heterocycles. The van der Waals surface area contributed by atoms with Crippen LogP contribution in [-0.4, -0.2) is 19.7 Å². The van der Waals surface area contributed by atoms with E-state index >= 15 is 0 Å². The summed E-state index contributed by atoms with van der Waals surface area (Å²) in [6.45, 7) is 6.06. The van der Waals surface area contributed by atoms with Crippen LogP contribution >= 0.6 is 0 Å². The highest BCUT2D eigenvalue weighted by atomic mass is 16.5. The van der Waals surface area contributed by atoms with Crippen LogP contribution in [0.3, 0.4) is 0 Å². The first-order valence-corrected chi connectivity index (χ1v) is 7.90. The first kappa shape index (κ1) is 16.1. The van der Waals surface area contributed by atoms with Crippen LogP contribution in [0.4, 0.5) is 0 Å². The van der Waals surface area contributed by atoms with E-state index in [1.165, 1.54) is 0 Å². The van der Waals surface area contributed by atoms with Gasteiger partial charge in [-0.25, -0.2) is 4.79 Å². The average molecular weight is 324 g/mol. The number of benzene rings is 2. The minimum Gasteiger partial charge on any atom is -0.497 e. The molecule has 3 aromatic rings. The summed E-state index contributed by atoms with van der Waals surface area (Å²) in [5, 5.41) is 0.777. The summed E-state index contributed by atoms with van der Waals surface area (Å²) in [7, 11) is 1.63. The second-order valence-corrected chi connectivity index (χ2v) is 5.71. The van der Waals surface area contributed by atoms with Gasteiger partial charge in [0.1, 0.15) is 22.7 Å². The van der Waals surface area contributed by atoms with E-state index in [9.17, 15) is 4.79 Å². The van der Waals surface area contributed by atoms with E-state index in [2.05, 4.69) is 0 Å². The van der Waals surface area contributed by atoms with Crippen molar-refractivity contribution in [1.29, 1.82) is 0 Å². The zero-order valence-corrected chi connectivity index (χ0v) is 14.3. The van der Waals surface area contributed by atoms with Crippen molar-refractivity contribution in [1.82, 2.24) is 0 Å². The lowest BCUT2D eigenvalue weighted by Crippen LogP contribution is -2.05. The Hall–Kier alpha value is -2.75. The molecule has 24 heavy (non-hydrogen) atoms. The largest absolute Gasteiger partial charge is 0.497 e. The maximum absolute atomic E-state index is 12.6. The normalized spacial score (nSPS) is 10.8. The van der Waals surface area contributed by atoms with Gasteiger partial charge in [0, 0.05) is 10.9 Å². The van der Waals surface area contributed by atoms with Crippen molar-refractivity contribution in [2.75, 3.05) is 13.7 Å². The van der Waals surface area contributed by atoms with Gasteiger partial charge in [0.05, 0.1) is 13.7 Å². The molecule has 4 nitrogen and oxygen atoms in total. The maximum Gasteiger partial charge on any atom is 0.342 e. The van der Waals surface area contributed by atoms with Crippen LogP contribution in [0.15, 0.2) is 40.8 Å². The minimum absolute atomic E-state index is 0.318. The fourth-order valence-electron chi connectivity index (χ4n) is 2.82. The number of hydrogen-bond acceptors (Lipinski definition) is 4. The van der Waals surface area contributed by atoms with Crippen molar-refractivity contribution < 1.29 is 18.7 Å². The molecule has 0 saturated carbocycles. The average Bonchev–Trinajstić information content (AvgIpc) is 2.93. The highest BCUT2D eigenvalue weighted by Gasteiger charge is 2.24. The molecule has 0 saturated heterocycles. The van der Waals surface area contributed by atoms with Gasteiger partial charge in [-0.15, -0.1) is 0 Å². The second-order valence-electron chi connectivity index (χ2n) is 5.71. The Kier molecular flexibility index (Phi) is 4.30. The maximum atomic E-state index is 12.6. The fraction of sp³-hybridized carbons (Fsp3) is 0.250. The monoisotopic (exact) mass is 324 g/mol. The Balaban J connectivity index is 2.27. The second kappa shape index (κ2) is 6.40. The number of fused-ring (bicyclic) bond motifs is 1. The van der Waals surface area contributed by atoms with Crippen molar-refractivity contribution in [3.05, 3.63) is 53.1 Å². The molecule has 0 atom stereocenters. The molecule has 0 N–H and O–H groups in total. The summed E-state index contributed by atoms with van der Waals surface area (Å²) >= 11 is 0. The highest BCUT2D eigenvalue weighted by molar-refractivity contribution is 6.09. The number of carbonyl (C=O) groups is 1. The van der Waals surface area contributed by atoms with Gasteiger partial charge in [-0.3, -0.25) is 0 Å². The van der Waals surface area contributed by atoms with Crippen molar-refractivity contribution in [2.24, 2.45) is 0 Å². The number of furan rings is 1. The number of methoxy groups -OCH3 is 1. The van der Waals surface area contributed by atoms with E-state index in [4.69, 9.17) is 13.9 Å². The smallest absolute Gasteiger partial charge is 0.342 e. The highest BCUT2D eigenvalue weighted by Crippen LogP contribution is 2.37. The first-order chi connectivity index (χ1) is 11.5. The van der Waals surface area contributed by atoms with Crippen LogP contribution < -0.4 is 4.74 Å². The standard InChI is InChI=1S/C20H20O4/c1-5-23-20(21)18-16-10-12(2)6-9-17(16)24-19(18)15-8-7-14(22-4)11-13(15)3/h6-11H,5H2,1-4H3. The summed E-state index contributed by atoms with van der Waals surface area (Å²) < 4.78 is 16.5. The van der Waals surface area contributed by atoms with Crippen LogP contribution in [0, 0.1) is 13.8 Å². The molecule has 0 unspecified atom stereocenters. The third-order valence-electron chi connectivity index (χ3n) is 4.00. The van der Waals surface area contributed by atoms with Gasteiger partial charge in [0.2, 0.25) is 0 Å². The molecule has 0 aliphatic carbocycles. The van der Waals surface area contributed by atoms with Gasteiger partial charge in [-0.05, 0) is 56.7 Å². The Morgan fingerprint density at radius 1 is 1.12 bits per heavy atom. The number of hydrogen-bond donors (Lipinski definition) is 0. The zero-order valence-electron chi connectivity index (χ0n) is 14.3. The molecular weight excluding hydrogens is 304 g/mol. The molecule has 3 rings (SSSR count). The Morgan fingerprint density at radius 3 is 2.58 bits per heavy atom. The van der Waals surface area contributed by atoms with Crippen molar-refractivity contribution in [3.8, 4) is 17.1 Å². The molecule has 124 valence electrons. The van der Waals surface area contributed by atoms with Crippen LogP contribution in [0.25, 0.3) is 22.3 Å². The van der Waals surface area contributed by atoms with Crippen LogP contribution in [0.5, 0.6) is 5.75 Å². The Morgan fingerprint density at radius 2 is 1.92 bits per heavy atom. The summed E-state index contributed by atoms with van der Waals surface area (Å²) in [4.78, 5) is 12.6. The van der Waals surface area contributed by atoms with Gasteiger partial charge in [-0.2, -0.15) is 0 Å². The minimum atomic E-state index is -0.368. The lowest BCUT2D eigenvalue weighted by atomic mass is 10.0. The topological polar surface area (TPSA) is 48.7 Å². The van der Waals surface area contributed by atoms with Crippen molar-refractivity contribution >= 4 is 16.9 Å². The van der Waals surface area contributed by atoms with E-state index in [1.807, 2.05) is 50.2 Å². The molecule has 4 heteroatoms. The first-order valence-electron chi connectivity index (χ1n) is 7.90. The molecule has 2 aromatic carbocycles. The zero-order chi connectivity index (χ0) is 17.3. The predicted octanol–water partition coefficient (Wildman–Crippen LogP) is 4.90. The molecular formula is C20H20O4. The van der Waals surface area contributed by atoms with Gasteiger partial charge < -0.3 is 13.9 Å². The fourth-order valence-corrected chi connectivity index (χ4v) is 2.82.